The van der Waals surface area contributed by atoms with Gasteiger partial charge < -0.3 is 14.6 Å². The molecular formula is C16H21N3O2S. The van der Waals surface area contributed by atoms with Gasteiger partial charge in [-0.05, 0) is 25.5 Å². The lowest BCUT2D eigenvalue weighted by atomic mass is 10.3. The molecule has 0 saturated carbocycles. The highest BCUT2D eigenvalue weighted by Crippen LogP contribution is 2.26. The number of carbonyl (C=O) groups is 1. The van der Waals surface area contributed by atoms with Crippen LogP contribution in [0.1, 0.15) is 20.3 Å². The second-order valence-corrected chi connectivity index (χ2v) is 6.16. The molecule has 0 fully saturated rings. The number of nitrogens with zero attached hydrogens (tertiary/aromatic N) is 2. The number of hydrogen-bond donors (Lipinski definition) is 1. The molecule has 6 heteroatoms. The van der Waals surface area contributed by atoms with Crippen molar-refractivity contribution in [1.29, 1.82) is 0 Å². The van der Waals surface area contributed by atoms with Crippen LogP contribution < -0.4 is 10.1 Å². The maximum atomic E-state index is 12.4. The van der Waals surface area contributed by atoms with Crippen LogP contribution in [0, 0.1) is 0 Å². The van der Waals surface area contributed by atoms with Gasteiger partial charge in [0, 0.05) is 18.9 Å². The van der Waals surface area contributed by atoms with E-state index in [-0.39, 0.29) is 11.2 Å². The second-order valence-electron chi connectivity index (χ2n) is 4.85. The van der Waals surface area contributed by atoms with Gasteiger partial charge in [-0.3, -0.25) is 4.79 Å². The van der Waals surface area contributed by atoms with Crippen molar-refractivity contribution in [3.63, 3.8) is 0 Å². The average molecular weight is 319 g/mol. The number of thioether (sulfide) groups is 1. The maximum absolute atomic E-state index is 12.4. The Kier molecular flexibility index (Phi) is 5.89. The minimum atomic E-state index is -0.247. The summed E-state index contributed by atoms with van der Waals surface area (Å²) >= 11 is 1.46. The topological polar surface area (TPSA) is 56.2 Å². The summed E-state index contributed by atoms with van der Waals surface area (Å²) in [6.07, 6.45) is 4.74. The fourth-order valence-corrected chi connectivity index (χ4v) is 2.91. The minimum Gasteiger partial charge on any atom is -0.495 e. The van der Waals surface area contributed by atoms with E-state index < -0.39 is 0 Å². The lowest BCUT2D eigenvalue weighted by Crippen LogP contribution is -2.23. The van der Waals surface area contributed by atoms with Crippen molar-refractivity contribution in [2.75, 3.05) is 12.4 Å². The fraction of sp³-hybridized carbons (Fsp3) is 0.375. The number of benzene rings is 1. The Hall–Kier alpha value is -1.95. The number of hydrogen-bond acceptors (Lipinski definition) is 4. The van der Waals surface area contributed by atoms with Gasteiger partial charge >= 0.3 is 0 Å². The molecule has 0 spiro atoms. The number of amides is 1. The average Bonchev–Trinajstić information content (AvgIpc) is 2.95. The number of rotatable bonds is 7. The minimum absolute atomic E-state index is 0.0689. The van der Waals surface area contributed by atoms with Crippen LogP contribution >= 0.6 is 11.8 Å². The van der Waals surface area contributed by atoms with Gasteiger partial charge in [-0.1, -0.05) is 30.8 Å². The molecule has 1 unspecified atom stereocenters. The van der Waals surface area contributed by atoms with Crippen molar-refractivity contribution in [3.8, 4) is 5.75 Å². The Morgan fingerprint density at radius 3 is 2.95 bits per heavy atom. The summed E-state index contributed by atoms with van der Waals surface area (Å²) in [6.45, 7) is 4.90. The Morgan fingerprint density at radius 1 is 1.45 bits per heavy atom. The number of anilines is 1. The van der Waals surface area contributed by atoms with Gasteiger partial charge in [-0.2, -0.15) is 0 Å². The molecule has 0 aliphatic rings. The zero-order valence-electron chi connectivity index (χ0n) is 13.1. The van der Waals surface area contributed by atoms with E-state index in [1.54, 1.807) is 13.3 Å². The zero-order valence-corrected chi connectivity index (χ0v) is 13.9. The quantitative estimate of drug-likeness (QED) is 0.795. The first-order valence-corrected chi connectivity index (χ1v) is 8.15. The van der Waals surface area contributed by atoms with Crippen LogP contribution in [0.5, 0.6) is 5.75 Å². The molecule has 0 aliphatic carbocycles. The number of ether oxygens (including phenoxy) is 1. The van der Waals surface area contributed by atoms with Crippen molar-refractivity contribution in [2.45, 2.75) is 37.2 Å². The molecule has 2 rings (SSSR count). The second kappa shape index (κ2) is 7.89. The molecule has 5 nitrogen and oxygen atoms in total. The highest BCUT2D eigenvalue weighted by molar-refractivity contribution is 8.00. The third kappa shape index (κ3) is 4.04. The molecule has 0 radical (unpaired) electrons. The summed E-state index contributed by atoms with van der Waals surface area (Å²) in [7, 11) is 1.59. The van der Waals surface area contributed by atoms with E-state index in [1.807, 2.05) is 37.4 Å². The first-order chi connectivity index (χ1) is 10.7. The molecule has 1 N–H and O–H groups in total. The molecule has 1 heterocycles. The first-order valence-electron chi connectivity index (χ1n) is 7.27. The van der Waals surface area contributed by atoms with Gasteiger partial charge in [-0.25, -0.2) is 4.98 Å². The molecular weight excluding hydrogens is 298 g/mol. The Labute approximate surface area is 135 Å². The standard InChI is InChI=1S/C16H21N3O2S/c1-4-10-19-11-9-17-16(19)22-12(2)15(20)18-13-7-5-6-8-14(13)21-3/h5-9,11-12H,4,10H2,1-3H3,(H,18,20). The number of nitrogens with one attached hydrogen (secondary N) is 1. The SMILES string of the molecule is CCCn1ccnc1SC(C)C(=O)Nc1ccccc1OC. The molecule has 0 bridgehead atoms. The normalized spacial score (nSPS) is 12.0. The van der Waals surface area contributed by atoms with Crippen LogP contribution in [0.25, 0.3) is 0 Å². The van der Waals surface area contributed by atoms with Crippen molar-refractivity contribution in [2.24, 2.45) is 0 Å². The molecule has 22 heavy (non-hydrogen) atoms. The predicted molar refractivity (Wildman–Crippen MR) is 89.5 cm³/mol. The van der Waals surface area contributed by atoms with E-state index in [1.165, 1.54) is 11.8 Å². The molecule has 1 aromatic carbocycles. The molecule has 2 aromatic rings. The summed E-state index contributed by atoms with van der Waals surface area (Å²) in [5.41, 5.74) is 0.680. The lowest BCUT2D eigenvalue weighted by molar-refractivity contribution is -0.115. The van der Waals surface area contributed by atoms with E-state index in [9.17, 15) is 4.79 Å². The first kappa shape index (κ1) is 16.4. The monoisotopic (exact) mass is 319 g/mol. The Morgan fingerprint density at radius 2 is 2.23 bits per heavy atom. The summed E-state index contributed by atoms with van der Waals surface area (Å²) in [6, 6.07) is 7.38. The van der Waals surface area contributed by atoms with Gasteiger partial charge in [-0.15, -0.1) is 0 Å². The molecule has 1 aromatic heterocycles. The molecule has 1 atom stereocenters. The van der Waals surface area contributed by atoms with E-state index >= 15 is 0 Å². The van der Waals surface area contributed by atoms with Crippen molar-refractivity contribution in [1.82, 2.24) is 9.55 Å². The van der Waals surface area contributed by atoms with Crippen molar-refractivity contribution >= 4 is 23.4 Å². The Balaban J connectivity index is 2.01. The number of methoxy groups -OCH3 is 1. The van der Waals surface area contributed by atoms with E-state index in [4.69, 9.17) is 4.74 Å². The third-order valence-corrected chi connectivity index (χ3v) is 4.28. The maximum Gasteiger partial charge on any atom is 0.237 e. The van der Waals surface area contributed by atoms with Crippen molar-refractivity contribution in [3.05, 3.63) is 36.7 Å². The van der Waals surface area contributed by atoms with E-state index in [0.717, 1.165) is 18.1 Å². The number of imidazole rings is 1. The number of carbonyl (C=O) groups excluding carboxylic acids is 1. The molecule has 0 saturated heterocycles. The van der Waals surface area contributed by atoms with Crippen LogP contribution in [-0.4, -0.2) is 27.8 Å². The van der Waals surface area contributed by atoms with Gasteiger partial charge in [0.15, 0.2) is 5.16 Å². The smallest absolute Gasteiger partial charge is 0.237 e. The van der Waals surface area contributed by atoms with Crippen LogP contribution in [0.2, 0.25) is 0 Å². The van der Waals surface area contributed by atoms with Crippen LogP contribution in [0.3, 0.4) is 0 Å². The van der Waals surface area contributed by atoms with Gasteiger partial charge in [0.05, 0.1) is 18.0 Å². The number of para-hydroxylation sites is 2. The van der Waals surface area contributed by atoms with E-state index in [0.29, 0.717) is 11.4 Å². The summed E-state index contributed by atoms with van der Waals surface area (Å²) in [5.74, 6) is 0.584. The molecule has 0 aliphatic heterocycles. The van der Waals surface area contributed by atoms with Gasteiger partial charge in [0.25, 0.3) is 0 Å². The van der Waals surface area contributed by atoms with Crippen LogP contribution in [-0.2, 0) is 11.3 Å². The van der Waals surface area contributed by atoms with Gasteiger partial charge in [0.1, 0.15) is 5.75 Å². The molecule has 1 amide bonds. The predicted octanol–water partition coefficient (Wildman–Crippen LogP) is 3.42. The zero-order chi connectivity index (χ0) is 15.9. The lowest BCUT2D eigenvalue weighted by Gasteiger charge is -2.14. The highest BCUT2D eigenvalue weighted by Gasteiger charge is 2.18. The highest BCUT2D eigenvalue weighted by atomic mass is 32.2. The van der Waals surface area contributed by atoms with E-state index in [2.05, 4.69) is 21.8 Å². The summed E-state index contributed by atoms with van der Waals surface area (Å²) < 4.78 is 7.31. The van der Waals surface area contributed by atoms with Gasteiger partial charge in [0.2, 0.25) is 5.91 Å². The molecule has 118 valence electrons. The van der Waals surface area contributed by atoms with Crippen LogP contribution in [0.15, 0.2) is 41.8 Å². The largest absolute Gasteiger partial charge is 0.495 e. The summed E-state index contributed by atoms with van der Waals surface area (Å²) in [5, 5.41) is 3.52. The van der Waals surface area contributed by atoms with Crippen LogP contribution in [0.4, 0.5) is 5.69 Å². The Bertz CT molecular complexity index is 627. The fourth-order valence-electron chi connectivity index (χ4n) is 2.02. The number of aryl methyl sites for hydroxylation is 1. The van der Waals surface area contributed by atoms with Crippen molar-refractivity contribution < 1.29 is 9.53 Å². The third-order valence-electron chi connectivity index (χ3n) is 3.16. The number of aromatic nitrogens is 2. The summed E-state index contributed by atoms with van der Waals surface area (Å²) in [4.78, 5) is 16.7.